The topological polar surface area (TPSA) is 117 Å². The van der Waals surface area contributed by atoms with Crippen molar-refractivity contribution in [1.82, 2.24) is 15.0 Å². The van der Waals surface area contributed by atoms with Crippen molar-refractivity contribution in [1.29, 1.82) is 0 Å². The summed E-state index contributed by atoms with van der Waals surface area (Å²) in [5.41, 5.74) is 1.16. The van der Waals surface area contributed by atoms with Gasteiger partial charge in [0.2, 0.25) is 0 Å². The Bertz CT molecular complexity index is 726. The maximum Gasteiger partial charge on any atom is 0.326 e. The van der Waals surface area contributed by atoms with Crippen molar-refractivity contribution in [3.8, 4) is 0 Å². The Morgan fingerprint density at radius 1 is 1.48 bits per heavy atom. The summed E-state index contributed by atoms with van der Waals surface area (Å²) in [5.74, 6) is -1.61. The molecule has 0 unspecified atom stereocenters. The molecular formula is C13H13N3O5. The van der Waals surface area contributed by atoms with E-state index in [1.54, 1.807) is 13.0 Å². The molecule has 3 rings (SSSR count). The van der Waals surface area contributed by atoms with Crippen molar-refractivity contribution >= 4 is 23.0 Å². The summed E-state index contributed by atoms with van der Waals surface area (Å²) < 4.78 is 4.97. The monoisotopic (exact) mass is 291 g/mol. The summed E-state index contributed by atoms with van der Waals surface area (Å²) in [4.78, 5) is 28.8. The second-order valence-corrected chi connectivity index (χ2v) is 5.05. The molecule has 0 aliphatic carbocycles. The van der Waals surface area contributed by atoms with Crippen LogP contribution >= 0.6 is 0 Å². The van der Waals surface area contributed by atoms with Gasteiger partial charge < -0.3 is 19.6 Å². The van der Waals surface area contributed by atoms with Gasteiger partial charge in [-0.1, -0.05) is 5.16 Å². The molecule has 0 bridgehead atoms. The molecule has 1 saturated heterocycles. The predicted octanol–water partition coefficient (Wildman–Crippen LogP) is 0.191. The van der Waals surface area contributed by atoms with Gasteiger partial charge in [0.25, 0.3) is 11.6 Å². The second-order valence-electron chi connectivity index (χ2n) is 5.05. The third-order valence-electron chi connectivity index (χ3n) is 3.58. The Morgan fingerprint density at radius 2 is 2.24 bits per heavy atom. The van der Waals surface area contributed by atoms with Gasteiger partial charge in [0.1, 0.15) is 6.04 Å². The van der Waals surface area contributed by atoms with E-state index in [1.165, 1.54) is 6.20 Å². The van der Waals surface area contributed by atoms with E-state index in [1.807, 2.05) is 0 Å². The molecule has 1 amide bonds. The van der Waals surface area contributed by atoms with Crippen LogP contribution in [0.4, 0.5) is 0 Å². The fourth-order valence-electron chi connectivity index (χ4n) is 2.50. The van der Waals surface area contributed by atoms with E-state index in [4.69, 9.17) is 9.63 Å². The van der Waals surface area contributed by atoms with E-state index in [2.05, 4.69) is 10.1 Å². The number of nitrogens with zero attached hydrogens (tertiary/aromatic N) is 3. The Kier molecular flexibility index (Phi) is 3.09. The number of carbonyl (C=O) groups is 2. The lowest BCUT2D eigenvalue weighted by Crippen LogP contribution is -2.40. The lowest BCUT2D eigenvalue weighted by Gasteiger charge is -2.20. The van der Waals surface area contributed by atoms with Crippen LogP contribution in [0, 0.1) is 6.92 Å². The molecule has 110 valence electrons. The Labute approximate surface area is 119 Å². The average molecular weight is 291 g/mol. The lowest BCUT2D eigenvalue weighted by molar-refractivity contribution is -0.141. The Morgan fingerprint density at radius 3 is 2.95 bits per heavy atom. The van der Waals surface area contributed by atoms with Crippen LogP contribution in [0.2, 0.25) is 0 Å². The molecule has 1 aliphatic heterocycles. The minimum Gasteiger partial charge on any atom is -0.480 e. The molecule has 1 fully saturated rings. The molecule has 8 heteroatoms. The van der Waals surface area contributed by atoms with Gasteiger partial charge in [0.15, 0.2) is 0 Å². The van der Waals surface area contributed by atoms with Crippen molar-refractivity contribution in [2.75, 3.05) is 6.54 Å². The number of β-amino-alcohol motifs (C(OH)–C–C–N with tert-alkyl or cyclic N) is 1. The number of aryl methyl sites for hydroxylation is 1. The van der Waals surface area contributed by atoms with Crippen LogP contribution in [-0.2, 0) is 4.79 Å². The number of hydrogen-bond donors (Lipinski definition) is 2. The first-order valence-corrected chi connectivity index (χ1v) is 6.41. The number of hydrogen-bond acceptors (Lipinski definition) is 6. The van der Waals surface area contributed by atoms with Crippen molar-refractivity contribution in [2.24, 2.45) is 0 Å². The van der Waals surface area contributed by atoms with Crippen LogP contribution in [0.3, 0.4) is 0 Å². The number of carboxylic acid groups (broad SMARTS) is 1. The number of carboxylic acids is 1. The van der Waals surface area contributed by atoms with Gasteiger partial charge >= 0.3 is 5.97 Å². The Balaban J connectivity index is 1.95. The highest BCUT2D eigenvalue weighted by Crippen LogP contribution is 2.23. The highest BCUT2D eigenvalue weighted by Gasteiger charge is 2.39. The van der Waals surface area contributed by atoms with Crippen LogP contribution in [0.5, 0.6) is 0 Å². The smallest absolute Gasteiger partial charge is 0.326 e. The molecule has 2 aromatic rings. The molecule has 1 aliphatic rings. The zero-order valence-electron chi connectivity index (χ0n) is 11.2. The fourth-order valence-corrected chi connectivity index (χ4v) is 2.50. The molecule has 0 spiro atoms. The minimum absolute atomic E-state index is 0.00352. The van der Waals surface area contributed by atoms with Gasteiger partial charge in [-0.05, 0) is 13.0 Å². The van der Waals surface area contributed by atoms with Crippen LogP contribution in [0.1, 0.15) is 22.5 Å². The predicted molar refractivity (Wildman–Crippen MR) is 69.6 cm³/mol. The zero-order chi connectivity index (χ0) is 15.1. The molecule has 2 N–H and O–H groups in total. The quantitative estimate of drug-likeness (QED) is 0.811. The lowest BCUT2D eigenvalue weighted by atomic mass is 10.1. The van der Waals surface area contributed by atoms with Gasteiger partial charge in [0, 0.05) is 19.2 Å². The summed E-state index contributed by atoms with van der Waals surface area (Å²) in [6, 6.07) is 0.548. The molecular weight excluding hydrogens is 278 g/mol. The summed E-state index contributed by atoms with van der Waals surface area (Å²) >= 11 is 0. The minimum atomic E-state index is -1.13. The molecule has 2 atom stereocenters. The standard InChI is InChI=1S/C13H13N3O5/c1-6-9-2-7(4-14-11(9)21-15-6)12(18)16-5-8(17)3-10(16)13(19)20/h2,4,8,10,17H,3,5H2,1H3,(H,19,20)/t8-,10-/m0/s1. The largest absolute Gasteiger partial charge is 0.480 e. The van der Waals surface area contributed by atoms with Crippen molar-refractivity contribution in [3.05, 3.63) is 23.5 Å². The number of aliphatic hydroxyl groups is 1. The summed E-state index contributed by atoms with van der Waals surface area (Å²) in [5, 5.41) is 23.1. The molecule has 0 saturated carbocycles. The average Bonchev–Trinajstić information content (AvgIpc) is 3.02. The molecule has 21 heavy (non-hydrogen) atoms. The normalized spacial score (nSPS) is 21.9. The maximum absolute atomic E-state index is 12.4. The van der Waals surface area contributed by atoms with E-state index in [0.29, 0.717) is 16.8 Å². The first kappa shape index (κ1) is 13.5. The van der Waals surface area contributed by atoms with Gasteiger partial charge in [-0.25, -0.2) is 9.78 Å². The summed E-state index contributed by atoms with van der Waals surface area (Å²) in [7, 11) is 0. The number of fused-ring (bicyclic) bond motifs is 1. The molecule has 0 aromatic carbocycles. The van der Waals surface area contributed by atoms with Gasteiger partial charge in [-0.15, -0.1) is 0 Å². The van der Waals surface area contributed by atoms with Crippen LogP contribution < -0.4 is 0 Å². The number of aliphatic hydroxyl groups excluding tert-OH is 1. The zero-order valence-corrected chi connectivity index (χ0v) is 11.2. The van der Waals surface area contributed by atoms with Crippen molar-refractivity contribution in [2.45, 2.75) is 25.5 Å². The van der Waals surface area contributed by atoms with Crippen LogP contribution in [-0.4, -0.2) is 55.8 Å². The number of aromatic nitrogens is 2. The van der Waals surface area contributed by atoms with E-state index >= 15 is 0 Å². The molecule has 0 radical (unpaired) electrons. The maximum atomic E-state index is 12.4. The number of carbonyl (C=O) groups excluding carboxylic acids is 1. The van der Waals surface area contributed by atoms with Crippen molar-refractivity contribution in [3.63, 3.8) is 0 Å². The van der Waals surface area contributed by atoms with E-state index < -0.39 is 24.0 Å². The van der Waals surface area contributed by atoms with E-state index in [9.17, 15) is 14.7 Å². The fraction of sp³-hybridized carbons (Fsp3) is 0.385. The number of rotatable bonds is 2. The molecule has 2 aromatic heterocycles. The number of likely N-dealkylation sites (tertiary alicyclic amines) is 1. The number of pyridine rings is 1. The SMILES string of the molecule is Cc1noc2ncc(C(=O)N3C[C@@H](O)C[C@H]3C(=O)O)cc12. The highest BCUT2D eigenvalue weighted by atomic mass is 16.5. The first-order valence-electron chi connectivity index (χ1n) is 6.41. The number of amides is 1. The van der Waals surface area contributed by atoms with E-state index in [-0.39, 0.29) is 18.5 Å². The third-order valence-corrected chi connectivity index (χ3v) is 3.58. The van der Waals surface area contributed by atoms with Gasteiger partial charge in [-0.3, -0.25) is 4.79 Å². The molecule has 8 nitrogen and oxygen atoms in total. The van der Waals surface area contributed by atoms with Crippen LogP contribution in [0.25, 0.3) is 11.1 Å². The number of aliphatic carboxylic acids is 1. The van der Waals surface area contributed by atoms with Crippen LogP contribution in [0.15, 0.2) is 16.8 Å². The highest BCUT2D eigenvalue weighted by molar-refractivity contribution is 5.99. The van der Waals surface area contributed by atoms with Crippen molar-refractivity contribution < 1.29 is 24.3 Å². The van der Waals surface area contributed by atoms with E-state index in [0.717, 1.165) is 4.90 Å². The Hall–Kier alpha value is -2.48. The van der Waals surface area contributed by atoms with Gasteiger partial charge in [0.05, 0.1) is 22.7 Å². The summed E-state index contributed by atoms with van der Waals surface area (Å²) in [6.45, 7) is 1.72. The third kappa shape index (κ3) is 2.23. The molecule has 3 heterocycles. The second kappa shape index (κ2) is 4.81. The summed E-state index contributed by atoms with van der Waals surface area (Å²) in [6.07, 6.45) is 0.520. The van der Waals surface area contributed by atoms with Gasteiger partial charge in [-0.2, -0.15) is 0 Å². The first-order chi connectivity index (χ1) is 9.97.